The summed E-state index contributed by atoms with van der Waals surface area (Å²) < 4.78 is 0. The standard InChI is InChI=1S/C13H20N2O4/c16-11-6-5-10(15-11)12(17)14-7-8-3-1-2-4-9(8)13(18)19/h8-10H,1-7H2,(H,14,17)(H,15,16)(H,18,19)/t8?,9?,10-/m1/s1. The number of carbonyl (C=O) groups excluding carboxylic acids is 2. The Kier molecular flexibility index (Phi) is 4.39. The van der Waals surface area contributed by atoms with E-state index in [1.807, 2.05) is 0 Å². The summed E-state index contributed by atoms with van der Waals surface area (Å²) in [6, 6.07) is -0.445. The van der Waals surface area contributed by atoms with Crippen molar-refractivity contribution in [3.8, 4) is 0 Å². The highest BCUT2D eigenvalue weighted by molar-refractivity contribution is 5.90. The molecule has 2 amide bonds. The third-order valence-corrected chi connectivity index (χ3v) is 4.08. The lowest BCUT2D eigenvalue weighted by Gasteiger charge is -2.28. The van der Waals surface area contributed by atoms with Gasteiger partial charge in [0.15, 0.2) is 0 Å². The molecule has 6 heteroatoms. The molecule has 1 aliphatic carbocycles. The van der Waals surface area contributed by atoms with Gasteiger partial charge >= 0.3 is 5.97 Å². The fourth-order valence-electron chi connectivity index (χ4n) is 2.94. The number of amides is 2. The second-order valence-electron chi connectivity index (χ2n) is 5.39. The molecular weight excluding hydrogens is 248 g/mol. The quantitative estimate of drug-likeness (QED) is 0.682. The van der Waals surface area contributed by atoms with Crippen molar-refractivity contribution in [2.24, 2.45) is 11.8 Å². The average Bonchev–Trinajstić information content (AvgIpc) is 2.83. The molecule has 0 aromatic carbocycles. The molecule has 1 saturated heterocycles. The lowest BCUT2D eigenvalue weighted by atomic mass is 9.79. The van der Waals surface area contributed by atoms with Crippen LogP contribution in [0.1, 0.15) is 38.5 Å². The van der Waals surface area contributed by atoms with E-state index in [-0.39, 0.29) is 23.7 Å². The van der Waals surface area contributed by atoms with Crippen LogP contribution in [-0.2, 0) is 14.4 Å². The van der Waals surface area contributed by atoms with Crippen molar-refractivity contribution in [2.45, 2.75) is 44.6 Å². The smallest absolute Gasteiger partial charge is 0.306 e. The fraction of sp³-hybridized carbons (Fsp3) is 0.769. The van der Waals surface area contributed by atoms with Crippen molar-refractivity contribution in [3.63, 3.8) is 0 Å². The largest absolute Gasteiger partial charge is 0.481 e. The van der Waals surface area contributed by atoms with E-state index in [2.05, 4.69) is 10.6 Å². The van der Waals surface area contributed by atoms with Crippen molar-refractivity contribution < 1.29 is 19.5 Å². The minimum atomic E-state index is -0.770. The van der Waals surface area contributed by atoms with Gasteiger partial charge in [-0.1, -0.05) is 12.8 Å². The fourth-order valence-corrected chi connectivity index (χ4v) is 2.94. The topological polar surface area (TPSA) is 95.5 Å². The van der Waals surface area contributed by atoms with E-state index in [4.69, 9.17) is 5.11 Å². The maximum atomic E-state index is 11.8. The maximum Gasteiger partial charge on any atom is 0.306 e. The minimum Gasteiger partial charge on any atom is -0.481 e. The van der Waals surface area contributed by atoms with Crippen molar-refractivity contribution >= 4 is 17.8 Å². The molecule has 1 aliphatic heterocycles. The van der Waals surface area contributed by atoms with Gasteiger partial charge in [-0.25, -0.2) is 0 Å². The van der Waals surface area contributed by atoms with Crippen molar-refractivity contribution in [3.05, 3.63) is 0 Å². The predicted octanol–water partition coefficient (Wildman–Crippen LogP) is 0.272. The molecule has 0 bridgehead atoms. The van der Waals surface area contributed by atoms with E-state index in [0.717, 1.165) is 19.3 Å². The molecule has 2 fully saturated rings. The van der Waals surface area contributed by atoms with Gasteiger partial charge in [-0.05, 0) is 25.2 Å². The summed E-state index contributed by atoms with van der Waals surface area (Å²) in [5, 5.41) is 14.5. The van der Waals surface area contributed by atoms with Crippen LogP contribution in [0.5, 0.6) is 0 Å². The lowest BCUT2D eigenvalue weighted by Crippen LogP contribution is -2.45. The number of nitrogens with one attached hydrogen (secondary N) is 2. The Bertz CT molecular complexity index is 383. The number of carbonyl (C=O) groups is 3. The first-order valence-corrected chi connectivity index (χ1v) is 6.88. The molecule has 0 aromatic rings. The van der Waals surface area contributed by atoms with Crippen LogP contribution >= 0.6 is 0 Å². The minimum absolute atomic E-state index is 0.00676. The van der Waals surface area contributed by atoms with Gasteiger partial charge in [-0.15, -0.1) is 0 Å². The molecule has 19 heavy (non-hydrogen) atoms. The van der Waals surface area contributed by atoms with Crippen LogP contribution in [0.3, 0.4) is 0 Å². The highest BCUT2D eigenvalue weighted by Crippen LogP contribution is 2.29. The predicted molar refractivity (Wildman–Crippen MR) is 67.3 cm³/mol. The van der Waals surface area contributed by atoms with Gasteiger partial charge in [0.25, 0.3) is 0 Å². The van der Waals surface area contributed by atoms with Gasteiger partial charge in [0, 0.05) is 13.0 Å². The zero-order valence-electron chi connectivity index (χ0n) is 10.9. The number of hydrogen-bond donors (Lipinski definition) is 3. The first-order valence-electron chi connectivity index (χ1n) is 6.88. The molecule has 2 aliphatic rings. The molecule has 0 radical (unpaired) electrons. The van der Waals surface area contributed by atoms with Crippen molar-refractivity contribution in [1.29, 1.82) is 0 Å². The average molecular weight is 268 g/mol. The molecule has 2 rings (SSSR count). The molecular formula is C13H20N2O4. The second-order valence-corrected chi connectivity index (χ2v) is 5.39. The van der Waals surface area contributed by atoms with Crippen LogP contribution in [0.2, 0.25) is 0 Å². The monoisotopic (exact) mass is 268 g/mol. The first kappa shape index (κ1) is 13.8. The zero-order chi connectivity index (χ0) is 13.8. The van der Waals surface area contributed by atoms with Gasteiger partial charge in [0.1, 0.15) is 6.04 Å². The summed E-state index contributed by atoms with van der Waals surface area (Å²) in [7, 11) is 0. The molecule has 1 saturated carbocycles. The molecule has 0 spiro atoms. The third-order valence-electron chi connectivity index (χ3n) is 4.08. The normalized spacial score (nSPS) is 30.7. The van der Waals surface area contributed by atoms with Crippen LogP contribution in [0, 0.1) is 11.8 Å². The second kappa shape index (κ2) is 6.04. The highest BCUT2D eigenvalue weighted by atomic mass is 16.4. The van der Waals surface area contributed by atoms with Gasteiger partial charge in [0.05, 0.1) is 5.92 Å². The van der Waals surface area contributed by atoms with Gasteiger partial charge in [0.2, 0.25) is 11.8 Å². The maximum absolute atomic E-state index is 11.8. The van der Waals surface area contributed by atoms with E-state index >= 15 is 0 Å². The Labute approximate surface area is 111 Å². The summed E-state index contributed by atoms with van der Waals surface area (Å²) in [5.41, 5.74) is 0. The highest BCUT2D eigenvalue weighted by Gasteiger charge is 2.32. The third kappa shape index (κ3) is 3.45. The Hall–Kier alpha value is -1.59. The summed E-state index contributed by atoms with van der Waals surface area (Å²) in [6.45, 7) is 0.391. The first-order chi connectivity index (χ1) is 9.08. The lowest BCUT2D eigenvalue weighted by molar-refractivity contribution is -0.145. The van der Waals surface area contributed by atoms with Crippen LogP contribution in [0.15, 0.2) is 0 Å². The number of rotatable bonds is 4. The Morgan fingerprint density at radius 1 is 1.26 bits per heavy atom. The van der Waals surface area contributed by atoms with Gasteiger partial charge in [-0.2, -0.15) is 0 Å². The van der Waals surface area contributed by atoms with Crippen LogP contribution in [-0.4, -0.2) is 35.5 Å². The van der Waals surface area contributed by atoms with E-state index in [9.17, 15) is 14.4 Å². The summed E-state index contributed by atoms with van der Waals surface area (Å²) in [5.74, 6) is -1.41. The molecule has 2 unspecified atom stereocenters. The van der Waals surface area contributed by atoms with Crippen LogP contribution in [0.4, 0.5) is 0 Å². The van der Waals surface area contributed by atoms with Crippen molar-refractivity contribution in [1.82, 2.24) is 10.6 Å². The molecule has 0 aromatic heterocycles. The molecule has 106 valence electrons. The number of aliphatic carboxylic acids is 1. The number of hydrogen-bond acceptors (Lipinski definition) is 3. The van der Waals surface area contributed by atoms with Gasteiger partial charge < -0.3 is 15.7 Å². The zero-order valence-corrected chi connectivity index (χ0v) is 10.9. The van der Waals surface area contributed by atoms with Crippen molar-refractivity contribution in [2.75, 3.05) is 6.54 Å². The Morgan fingerprint density at radius 2 is 2.00 bits per heavy atom. The SMILES string of the molecule is O=C1CC[C@H](C(=O)NCC2CCCCC2C(=O)O)N1. The molecule has 3 N–H and O–H groups in total. The van der Waals surface area contributed by atoms with Crippen LogP contribution < -0.4 is 10.6 Å². The summed E-state index contributed by atoms with van der Waals surface area (Å²) in [6.07, 6.45) is 4.41. The Morgan fingerprint density at radius 3 is 2.63 bits per heavy atom. The Balaban J connectivity index is 1.81. The molecule has 1 heterocycles. The van der Waals surface area contributed by atoms with E-state index in [1.165, 1.54) is 0 Å². The van der Waals surface area contributed by atoms with E-state index in [0.29, 0.717) is 25.8 Å². The summed E-state index contributed by atoms with van der Waals surface area (Å²) in [4.78, 5) is 34.0. The van der Waals surface area contributed by atoms with Crippen LogP contribution in [0.25, 0.3) is 0 Å². The van der Waals surface area contributed by atoms with E-state index in [1.54, 1.807) is 0 Å². The van der Waals surface area contributed by atoms with Gasteiger partial charge in [-0.3, -0.25) is 14.4 Å². The van der Waals surface area contributed by atoms with E-state index < -0.39 is 12.0 Å². The molecule has 3 atom stereocenters. The summed E-state index contributed by atoms with van der Waals surface area (Å²) >= 11 is 0. The number of carboxylic acids is 1. The number of carboxylic acid groups (broad SMARTS) is 1. The molecule has 6 nitrogen and oxygen atoms in total.